The van der Waals surface area contributed by atoms with Crippen molar-refractivity contribution < 1.29 is 23.0 Å². The van der Waals surface area contributed by atoms with Crippen molar-refractivity contribution in [3.8, 4) is 17.1 Å². The van der Waals surface area contributed by atoms with Crippen LogP contribution in [0.25, 0.3) is 22.4 Å². The van der Waals surface area contributed by atoms with Crippen LogP contribution in [0, 0.1) is 31.4 Å². The molecule has 1 aromatic heterocycles. The molecule has 1 aliphatic carbocycles. The number of methoxy groups -OCH3 is 1. The highest BCUT2D eigenvalue weighted by atomic mass is 35.5. The van der Waals surface area contributed by atoms with Gasteiger partial charge in [-0.3, -0.25) is 0 Å². The number of ether oxygens (including phenoxy) is 2. The van der Waals surface area contributed by atoms with Crippen LogP contribution in [-0.2, 0) is 4.74 Å². The van der Waals surface area contributed by atoms with Crippen LogP contribution in [0.4, 0.5) is 8.78 Å². The third kappa shape index (κ3) is 5.50. The summed E-state index contributed by atoms with van der Waals surface area (Å²) < 4.78 is 42.2. The largest absolute Gasteiger partial charge is 0.491 e. The molecule has 4 aromatic rings. The van der Waals surface area contributed by atoms with E-state index in [0.29, 0.717) is 39.8 Å². The summed E-state index contributed by atoms with van der Waals surface area (Å²) in [6, 6.07) is 13.1. The molecule has 0 amide bonds. The Morgan fingerprint density at radius 3 is 2.31 bits per heavy atom. The van der Waals surface area contributed by atoms with E-state index in [4.69, 9.17) is 26.1 Å². The minimum Gasteiger partial charge on any atom is -0.491 e. The normalized spacial score (nSPS) is 14.9. The average Bonchev–Trinajstić information content (AvgIpc) is 3.27. The van der Waals surface area contributed by atoms with Gasteiger partial charge in [0.25, 0.3) is 0 Å². The minimum atomic E-state index is -0.933. The number of esters is 1. The number of aromatic nitrogens is 2. The van der Waals surface area contributed by atoms with Crippen LogP contribution in [0.1, 0.15) is 59.6 Å². The van der Waals surface area contributed by atoms with Gasteiger partial charge in [-0.1, -0.05) is 30.9 Å². The molecular formula is C31H31ClF2N2O3. The van der Waals surface area contributed by atoms with Crippen LogP contribution in [-0.4, -0.2) is 29.2 Å². The van der Waals surface area contributed by atoms with Crippen LogP contribution < -0.4 is 4.74 Å². The minimum absolute atomic E-state index is 0.188. The quantitative estimate of drug-likeness (QED) is 0.217. The molecule has 8 heteroatoms. The van der Waals surface area contributed by atoms with Crippen LogP contribution in [0.5, 0.6) is 5.75 Å². The highest BCUT2D eigenvalue weighted by molar-refractivity contribution is 6.30. The van der Waals surface area contributed by atoms with Crippen molar-refractivity contribution >= 4 is 28.6 Å². The van der Waals surface area contributed by atoms with E-state index in [2.05, 4.69) is 0 Å². The van der Waals surface area contributed by atoms with Crippen LogP contribution in [0.3, 0.4) is 0 Å². The van der Waals surface area contributed by atoms with E-state index in [-0.39, 0.29) is 17.9 Å². The highest BCUT2D eigenvalue weighted by Gasteiger charge is 2.30. The summed E-state index contributed by atoms with van der Waals surface area (Å²) in [4.78, 5) is 17.0. The summed E-state index contributed by atoms with van der Waals surface area (Å²) in [5.74, 6) is -0.737. The molecule has 1 atom stereocenters. The van der Waals surface area contributed by atoms with E-state index in [1.807, 2.05) is 42.7 Å². The molecule has 204 valence electrons. The molecule has 5 nitrogen and oxygen atoms in total. The van der Waals surface area contributed by atoms with Crippen molar-refractivity contribution in [1.82, 2.24) is 9.55 Å². The van der Waals surface area contributed by atoms with Gasteiger partial charge >= 0.3 is 5.97 Å². The summed E-state index contributed by atoms with van der Waals surface area (Å²) in [6.07, 6.45) is 5.36. The molecule has 1 aliphatic rings. The number of benzene rings is 3. The van der Waals surface area contributed by atoms with Crippen molar-refractivity contribution in [1.29, 1.82) is 0 Å². The molecular weight excluding hydrogens is 522 g/mol. The summed E-state index contributed by atoms with van der Waals surface area (Å²) in [5, 5.41) is 0.590. The zero-order valence-electron chi connectivity index (χ0n) is 22.3. The van der Waals surface area contributed by atoms with Crippen molar-refractivity contribution in [3.63, 3.8) is 0 Å². The molecule has 1 unspecified atom stereocenters. The summed E-state index contributed by atoms with van der Waals surface area (Å²) >= 11 is 6.15. The first-order valence-electron chi connectivity index (χ1n) is 13.2. The topological polar surface area (TPSA) is 53.4 Å². The molecule has 0 saturated heterocycles. The van der Waals surface area contributed by atoms with E-state index >= 15 is 0 Å². The molecule has 3 aromatic carbocycles. The lowest BCUT2D eigenvalue weighted by Gasteiger charge is -2.33. The molecule has 0 bridgehead atoms. The van der Waals surface area contributed by atoms with Crippen molar-refractivity contribution in [3.05, 3.63) is 81.9 Å². The number of halogens is 3. The number of carbonyl (C=O) groups excluding carboxylic acids is 1. The van der Waals surface area contributed by atoms with Gasteiger partial charge in [0.15, 0.2) is 11.6 Å². The number of hydrogen-bond donors (Lipinski definition) is 0. The maximum absolute atomic E-state index is 14.6. The SMILES string of the molecule is COC(=O)c1c(C)cc(OCC(C2CCCCC2)n2c(-c3ccc(Cl)cc3)nc3cc(F)c(F)cc32)cc1C. The number of hydrogen-bond acceptors (Lipinski definition) is 4. The molecule has 5 rings (SSSR count). The number of imidazole rings is 1. The number of rotatable bonds is 7. The van der Waals surface area contributed by atoms with Gasteiger partial charge < -0.3 is 14.0 Å². The average molecular weight is 553 g/mol. The second-order valence-corrected chi connectivity index (χ2v) is 10.7. The monoisotopic (exact) mass is 552 g/mol. The second kappa shape index (κ2) is 11.3. The Kier molecular flexibility index (Phi) is 7.89. The van der Waals surface area contributed by atoms with Crippen LogP contribution in [0.2, 0.25) is 5.02 Å². The lowest BCUT2D eigenvalue weighted by molar-refractivity contribution is 0.0599. The van der Waals surface area contributed by atoms with E-state index < -0.39 is 11.6 Å². The predicted molar refractivity (Wildman–Crippen MR) is 148 cm³/mol. The molecule has 0 aliphatic heterocycles. The molecule has 39 heavy (non-hydrogen) atoms. The van der Waals surface area contributed by atoms with Gasteiger partial charge in [-0.2, -0.15) is 0 Å². The Balaban J connectivity index is 1.60. The lowest BCUT2D eigenvalue weighted by Crippen LogP contribution is -2.28. The zero-order chi connectivity index (χ0) is 27.7. The van der Waals surface area contributed by atoms with Gasteiger partial charge in [-0.05, 0) is 80.1 Å². The second-order valence-electron chi connectivity index (χ2n) is 10.3. The van der Waals surface area contributed by atoms with Crippen molar-refractivity contribution in [2.45, 2.75) is 52.0 Å². The number of nitrogens with zero attached hydrogens (tertiary/aromatic N) is 2. The fraction of sp³-hybridized carbons (Fsp3) is 0.355. The maximum atomic E-state index is 14.6. The maximum Gasteiger partial charge on any atom is 0.338 e. The Morgan fingerprint density at radius 2 is 1.67 bits per heavy atom. The number of aryl methyl sites for hydroxylation is 2. The van der Waals surface area contributed by atoms with E-state index in [1.165, 1.54) is 19.6 Å². The Labute approximate surface area is 231 Å². The van der Waals surface area contributed by atoms with Gasteiger partial charge in [-0.25, -0.2) is 18.6 Å². The van der Waals surface area contributed by atoms with Crippen molar-refractivity contribution in [2.24, 2.45) is 5.92 Å². The zero-order valence-corrected chi connectivity index (χ0v) is 23.0. The molecule has 1 heterocycles. The highest BCUT2D eigenvalue weighted by Crippen LogP contribution is 2.39. The third-order valence-electron chi connectivity index (χ3n) is 7.68. The molecule has 0 N–H and O–H groups in total. The van der Waals surface area contributed by atoms with Crippen LogP contribution in [0.15, 0.2) is 48.5 Å². The first kappa shape index (κ1) is 27.1. The molecule has 1 fully saturated rings. The van der Waals surface area contributed by atoms with Crippen molar-refractivity contribution in [2.75, 3.05) is 13.7 Å². The number of carbonyl (C=O) groups is 1. The fourth-order valence-electron chi connectivity index (χ4n) is 5.78. The van der Waals surface area contributed by atoms with E-state index in [1.54, 1.807) is 12.1 Å². The van der Waals surface area contributed by atoms with Gasteiger partial charge in [0.05, 0.1) is 29.7 Å². The van der Waals surface area contributed by atoms with Crippen LogP contribution >= 0.6 is 11.6 Å². The molecule has 1 saturated carbocycles. The van der Waals surface area contributed by atoms with E-state index in [9.17, 15) is 13.6 Å². The predicted octanol–water partition coefficient (Wildman–Crippen LogP) is 8.24. The fourth-order valence-corrected chi connectivity index (χ4v) is 5.91. The standard InChI is InChI=1S/C31H31ClF2N2O3/c1-18-13-23(14-19(2)29(18)31(37)38-3)39-17-28(20-7-5-4-6-8-20)36-27-16-25(34)24(33)15-26(27)35-30(36)21-9-11-22(32)12-10-21/h9-16,20,28H,4-8,17H2,1-3H3. The van der Waals surface area contributed by atoms with Gasteiger partial charge in [-0.15, -0.1) is 0 Å². The lowest BCUT2D eigenvalue weighted by atomic mass is 9.83. The molecule has 0 radical (unpaired) electrons. The number of fused-ring (bicyclic) bond motifs is 1. The van der Waals surface area contributed by atoms with E-state index in [0.717, 1.165) is 48.4 Å². The Bertz CT molecular complexity index is 1490. The Hall–Kier alpha value is -3.45. The summed E-state index contributed by atoms with van der Waals surface area (Å²) in [6.45, 7) is 4.00. The van der Waals surface area contributed by atoms with Gasteiger partial charge in [0, 0.05) is 22.7 Å². The van der Waals surface area contributed by atoms with Gasteiger partial charge in [0.1, 0.15) is 18.2 Å². The Morgan fingerprint density at radius 1 is 1.03 bits per heavy atom. The summed E-state index contributed by atoms with van der Waals surface area (Å²) in [5.41, 5.74) is 3.75. The third-order valence-corrected chi connectivity index (χ3v) is 7.93. The summed E-state index contributed by atoms with van der Waals surface area (Å²) in [7, 11) is 1.36. The first-order chi connectivity index (χ1) is 18.8. The molecule has 0 spiro atoms. The smallest absolute Gasteiger partial charge is 0.338 e. The van der Waals surface area contributed by atoms with Gasteiger partial charge in [0.2, 0.25) is 0 Å². The first-order valence-corrected chi connectivity index (χ1v) is 13.6.